The highest BCUT2D eigenvalue weighted by molar-refractivity contribution is 7.92. The summed E-state index contributed by atoms with van der Waals surface area (Å²) in [7, 11) is -2.13. The third-order valence-corrected chi connectivity index (χ3v) is 8.12. The van der Waals surface area contributed by atoms with E-state index >= 15 is 0 Å². The lowest BCUT2D eigenvalue weighted by Crippen LogP contribution is -2.51. The number of anilines is 2. The van der Waals surface area contributed by atoms with Crippen LogP contribution in [0.1, 0.15) is 20.9 Å². The van der Waals surface area contributed by atoms with Gasteiger partial charge in [0.15, 0.2) is 11.2 Å². The van der Waals surface area contributed by atoms with Gasteiger partial charge in [0.25, 0.3) is 11.8 Å². The molecular weight excluding hydrogens is 488 g/mol. The molecule has 3 aromatic rings. The van der Waals surface area contributed by atoms with Gasteiger partial charge in [-0.1, -0.05) is 53.8 Å². The number of carbonyl (C=O) groups excluding carboxylic acids is 2. The Balaban J connectivity index is 1.54. The Morgan fingerprint density at radius 1 is 1.17 bits per heavy atom. The highest BCUT2D eigenvalue weighted by Crippen LogP contribution is 2.36. The summed E-state index contributed by atoms with van der Waals surface area (Å²) in [6.45, 7) is 2.11. The number of carbonyl (C=O) groups is 2. The van der Waals surface area contributed by atoms with Crippen molar-refractivity contribution >= 4 is 44.0 Å². The zero-order valence-corrected chi connectivity index (χ0v) is 21.2. The number of rotatable bonds is 7. The number of nitrogens with zero attached hydrogens (tertiary/aromatic N) is 3. The van der Waals surface area contributed by atoms with Crippen LogP contribution in [0.2, 0.25) is 0 Å². The molecule has 35 heavy (non-hydrogen) atoms. The number of sulfonamides is 1. The van der Waals surface area contributed by atoms with Gasteiger partial charge in [0, 0.05) is 13.6 Å². The Hall–Kier alpha value is -3.44. The predicted molar refractivity (Wildman–Crippen MR) is 136 cm³/mol. The Morgan fingerprint density at radius 2 is 1.86 bits per heavy atom. The first-order chi connectivity index (χ1) is 16.6. The first kappa shape index (κ1) is 24.7. The second-order valence-corrected chi connectivity index (χ2v) is 11.1. The molecule has 0 saturated heterocycles. The molecule has 9 nitrogen and oxygen atoms in total. The molecule has 2 heterocycles. The van der Waals surface area contributed by atoms with Crippen LogP contribution >= 0.6 is 11.3 Å². The third kappa shape index (κ3) is 5.46. The average Bonchev–Trinajstić information content (AvgIpc) is 3.23. The summed E-state index contributed by atoms with van der Waals surface area (Å²) in [5.74, 6) is -0.260. The van der Waals surface area contributed by atoms with Gasteiger partial charge in [-0.3, -0.25) is 14.5 Å². The van der Waals surface area contributed by atoms with Gasteiger partial charge < -0.3 is 10.1 Å². The van der Waals surface area contributed by atoms with Crippen molar-refractivity contribution in [2.45, 2.75) is 19.4 Å². The van der Waals surface area contributed by atoms with Gasteiger partial charge in [-0.25, -0.2) is 17.7 Å². The number of hydrogen-bond donors (Lipinski definition) is 1. The number of fused-ring (bicyclic) bond motifs is 1. The third-order valence-electron chi connectivity index (χ3n) is 5.61. The van der Waals surface area contributed by atoms with Crippen LogP contribution in [0, 0.1) is 6.92 Å². The number of para-hydroxylation sites is 2. The average molecular weight is 515 g/mol. The molecule has 4 rings (SSSR count). The number of aryl methyl sites for hydroxylation is 1. The molecule has 1 aliphatic heterocycles. The highest BCUT2D eigenvalue weighted by Gasteiger charge is 2.35. The van der Waals surface area contributed by atoms with Gasteiger partial charge >= 0.3 is 0 Å². The fraction of sp³-hybridized carbons (Fsp3) is 0.292. The number of thiazole rings is 1. The summed E-state index contributed by atoms with van der Waals surface area (Å²) < 4.78 is 30.8. The smallest absolute Gasteiger partial charge is 0.270 e. The molecule has 11 heteroatoms. The van der Waals surface area contributed by atoms with Gasteiger partial charge in [0.2, 0.25) is 10.0 Å². The van der Waals surface area contributed by atoms with Crippen LogP contribution in [-0.2, 0) is 21.2 Å². The van der Waals surface area contributed by atoms with E-state index in [1.165, 1.54) is 11.9 Å². The van der Waals surface area contributed by atoms with Crippen molar-refractivity contribution in [1.29, 1.82) is 0 Å². The topological polar surface area (TPSA) is 109 Å². The molecule has 0 aliphatic carbocycles. The van der Waals surface area contributed by atoms with E-state index in [0.29, 0.717) is 35.0 Å². The van der Waals surface area contributed by atoms with Gasteiger partial charge in [0.05, 0.1) is 24.2 Å². The van der Waals surface area contributed by atoms with Crippen LogP contribution in [0.5, 0.6) is 5.75 Å². The molecule has 1 aromatic heterocycles. The molecule has 184 valence electrons. The first-order valence-corrected chi connectivity index (χ1v) is 13.6. The molecule has 1 N–H and O–H groups in total. The van der Waals surface area contributed by atoms with Crippen molar-refractivity contribution in [3.05, 3.63) is 70.7 Å². The Bertz CT molecular complexity index is 1340. The molecule has 2 aromatic carbocycles. The lowest BCUT2D eigenvalue weighted by molar-refractivity contribution is -0.127. The lowest BCUT2D eigenvalue weighted by Gasteiger charge is -2.34. The molecule has 1 aliphatic rings. The first-order valence-electron chi connectivity index (χ1n) is 11.0. The standard InChI is InChI=1S/C24H26N4O5S2/c1-16-21(34-24(26-16)27(2)35(3,31)32)23(30)28-15-20(33-19-12-8-7-11-18(19)28)22(29)25-14-13-17-9-5-4-6-10-17/h4-12,20H,13-15H2,1-3H3,(H,25,29). The van der Waals surface area contributed by atoms with Crippen molar-refractivity contribution in [1.82, 2.24) is 10.3 Å². The SMILES string of the molecule is Cc1nc(N(C)S(C)(=O)=O)sc1C(=O)N1CC(C(=O)NCCc2ccccc2)Oc2ccccc21. The molecule has 0 fully saturated rings. The minimum absolute atomic E-state index is 0.0155. The zero-order chi connectivity index (χ0) is 25.2. The van der Waals surface area contributed by atoms with Crippen LogP contribution in [0.25, 0.3) is 0 Å². The van der Waals surface area contributed by atoms with E-state index in [4.69, 9.17) is 4.74 Å². The van der Waals surface area contributed by atoms with Gasteiger partial charge in [-0.15, -0.1) is 0 Å². The van der Waals surface area contributed by atoms with Crippen molar-refractivity contribution < 1.29 is 22.7 Å². The predicted octanol–water partition coefficient (Wildman–Crippen LogP) is 2.61. The highest BCUT2D eigenvalue weighted by atomic mass is 32.2. The van der Waals surface area contributed by atoms with Crippen molar-refractivity contribution in [2.75, 3.05) is 35.6 Å². The molecule has 1 atom stereocenters. The maximum atomic E-state index is 13.6. The normalized spacial score (nSPS) is 15.2. The Morgan fingerprint density at radius 3 is 2.57 bits per heavy atom. The summed E-state index contributed by atoms with van der Waals surface area (Å²) in [5.41, 5.74) is 2.06. The minimum Gasteiger partial charge on any atom is -0.477 e. The summed E-state index contributed by atoms with van der Waals surface area (Å²) in [5, 5.41) is 3.09. The molecule has 0 saturated carbocycles. The van der Waals surface area contributed by atoms with Crippen LogP contribution < -0.4 is 19.3 Å². The Kier molecular flexibility index (Phi) is 7.08. The summed E-state index contributed by atoms with van der Waals surface area (Å²) in [6, 6.07) is 16.8. The lowest BCUT2D eigenvalue weighted by atomic mass is 10.1. The summed E-state index contributed by atoms with van der Waals surface area (Å²) >= 11 is 0.995. The minimum atomic E-state index is -3.52. The molecular formula is C24H26N4O5S2. The van der Waals surface area contributed by atoms with E-state index < -0.39 is 16.1 Å². The number of aromatic nitrogens is 1. The number of benzene rings is 2. The van der Waals surface area contributed by atoms with Crippen LogP contribution in [0.3, 0.4) is 0 Å². The largest absolute Gasteiger partial charge is 0.477 e. The fourth-order valence-electron chi connectivity index (χ4n) is 3.63. The molecule has 1 unspecified atom stereocenters. The van der Waals surface area contributed by atoms with E-state index in [9.17, 15) is 18.0 Å². The monoisotopic (exact) mass is 514 g/mol. The second-order valence-electron chi connectivity index (χ2n) is 8.16. The maximum Gasteiger partial charge on any atom is 0.270 e. The number of hydrogen-bond acceptors (Lipinski definition) is 7. The van der Waals surface area contributed by atoms with E-state index in [1.54, 1.807) is 31.2 Å². The molecule has 2 amide bonds. The van der Waals surface area contributed by atoms with E-state index in [1.807, 2.05) is 30.3 Å². The van der Waals surface area contributed by atoms with Crippen LogP contribution in [0.4, 0.5) is 10.8 Å². The Labute approximate surface area is 208 Å². The second kappa shape index (κ2) is 10.0. The van der Waals surface area contributed by atoms with Crippen LogP contribution in [0.15, 0.2) is 54.6 Å². The molecule has 0 radical (unpaired) electrons. The van der Waals surface area contributed by atoms with Gasteiger partial charge in [0.1, 0.15) is 10.6 Å². The maximum absolute atomic E-state index is 13.6. The van der Waals surface area contributed by atoms with Gasteiger partial charge in [-0.2, -0.15) is 0 Å². The molecule has 0 bridgehead atoms. The number of nitrogens with one attached hydrogen (secondary N) is 1. The quantitative estimate of drug-likeness (QED) is 0.519. The number of ether oxygens (including phenoxy) is 1. The van der Waals surface area contributed by atoms with Crippen molar-refractivity contribution in [3.63, 3.8) is 0 Å². The summed E-state index contributed by atoms with van der Waals surface area (Å²) in [4.78, 5) is 32.6. The zero-order valence-electron chi connectivity index (χ0n) is 19.6. The summed E-state index contributed by atoms with van der Waals surface area (Å²) in [6.07, 6.45) is 0.857. The number of amides is 2. The van der Waals surface area contributed by atoms with E-state index in [0.717, 1.165) is 27.5 Å². The van der Waals surface area contributed by atoms with Crippen molar-refractivity contribution in [3.8, 4) is 5.75 Å². The van der Waals surface area contributed by atoms with Crippen molar-refractivity contribution in [2.24, 2.45) is 0 Å². The fourth-order valence-corrected chi connectivity index (χ4v) is 5.36. The van der Waals surface area contributed by atoms with E-state index in [2.05, 4.69) is 10.3 Å². The van der Waals surface area contributed by atoms with E-state index in [-0.39, 0.29) is 23.5 Å². The van der Waals surface area contributed by atoms with Crippen LogP contribution in [-0.4, -0.2) is 57.7 Å². The molecule has 0 spiro atoms. The van der Waals surface area contributed by atoms with Gasteiger partial charge in [-0.05, 0) is 31.0 Å².